The summed E-state index contributed by atoms with van der Waals surface area (Å²) in [7, 11) is 0. The standard InChI is InChI=1S/C15H20FN3O2/c1-4-19(9-10(3)8-17)14-6-11(15(20)21-5-2)13(18)7-12(14)16/h6-7,10H,4-5,9,18H2,1-3H3. The van der Waals surface area contributed by atoms with Gasteiger partial charge in [-0.1, -0.05) is 0 Å². The summed E-state index contributed by atoms with van der Waals surface area (Å²) in [5.41, 5.74) is 6.10. The number of anilines is 2. The van der Waals surface area contributed by atoms with Crippen molar-refractivity contribution < 1.29 is 13.9 Å². The van der Waals surface area contributed by atoms with Gasteiger partial charge in [-0.2, -0.15) is 5.26 Å². The van der Waals surface area contributed by atoms with Gasteiger partial charge >= 0.3 is 5.97 Å². The molecule has 0 bridgehead atoms. The topological polar surface area (TPSA) is 79.3 Å². The molecule has 114 valence electrons. The molecule has 1 aromatic rings. The third kappa shape index (κ3) is 4.09. The van der Waals surface area contributed by atoms with Gasteiger partial charge in [0.1, 0.15) is 5.82 Å². The van der Waals surface area contributed by atoms with Gasteiger partial charge in [0.2, 0.25) is 0 Å². The molecule has 6 heteroatoms. The van der Waals surface area contributed by atoms with Crippen molar-refractivity contribution in [2.24, 2.45) is 5.92 Å². The molecule has 21 heavy (non-hydrogen) atoms. The summed E-state index contributed by atoms with van der Waals surface area (Å²) in [6.07, 6.45) is 0. The van der Waals surface area contributed by atoms with Crippen LogP contribution in [0.2, 0.25) is 0 Å². The van der Waals surface area contributed by atoms with E-state index in [4.69, 9.17) is 15.7 Å². The fourth-order valence-corrected chi connectivity index (χ4v) is 1.97. The minimum atomic E-state index is -0.583. The van der Waals surface area contributed by atoms with Crippen molar-refractivity contribution in [2.75, 3.05) is 30.3 Å². The number of ether oxygens (including phenoxy) is 1. The summed E-state index contributed by atoms with van der Waals surface area (Å²) in [5.74, 6) is -1.36. The van der Waals surface area contributed by atoms with E-state index in [1.807, 2.05) is 6.92 Å². The van der Waals surface area contributed by atoms with E-state index < -0.39 is 11.8 Å². The highest BCUT2D eigenvalue weighted by molar-refractivity contribution is 5.96. The number of halogens is 1. The van der Waals surface area contributed by atoms with E-state index in [0.717, 1.165) is 6.07 Å². The maximum absolute atomic E-state index is 14.1. The Hall–Kier alpha value is -2.29. The molecule has 1 atom stereocenters. The molecule has 2 N–H and O–H groups in total. The average Bonchev–Trinajstić information content (AvgIpc) is 2.45. The predicted molar refractivity (Wildman–Crippen MR) is 79.4 cm³/mol. The zero-order chi connectivity index (χ0) is 16.0. The van der Waals surface area contributed by atoms with Crippen molar-refractivity contribution in [3.8, 4) is 6.07 Å². The molecule has 1 aromatic carbocycles. The van der Waals surface area contributed by atoms with E-state index in [1.165, 1.54) is 6.07 Å². The number of nitrogens with two attached hydrogens (primary N) is 1. The van der Waals surface area contributed by atoms with Gasteiger partial charge in [-0.05, 0) is 32.9 Å². The molecule has 1 rings (SSSR count). The highest BCUT2D eigenvalue weighted by Crippen LogP contribution is 2.26. The maximum Gasteiger partial charge on any atom is 0.340 e. The quantitative estimate of drug-likeness (QED) is 0.644. The van der Waals surface area contributed by atoms with E-state index in [9.17, 15) is 9.18 Å². The number of rotatable bonds is 6. The molecule has 5 nitrogen and oxygen atoms in total. The number of benzene rings is 1. The minimum absolute atomic E-state index is 0.0408. The molecular weight excluding hydrogens is 273 g/mol. The van der Waals surface area contributed by atoms with Crippen LogP contribution in [0.15, 0.2) is 12.1 Å². The predicted octanol–water partition coefficient (Wildman–Crippen LogP) is 2.57. The Morgan fingerprint density at radius 3 is 2.71 bits per heavy atom. The van der Waals surface area contributed by atoms with E-state index in [-0.39, 0.29) is 29.5 Å². The third-order valence-electron chi connectivity index (χ3n) is 3.05. The SMILES string of the molecule is CCOC(=O)c1cc(N(CC)CC(C)C#N)c(F)cc1N. The van der Waals surface area contributed by atoms with Gasteiger partial charge < -0.3 is 15.4 Å². The van der Waals surface area contributed by atoms with Gasteiger partial charge in [0.05, 0.1) is 29.8 Å². The lowest BCUT2D eigenvalue weighted by atomic mass is 10.1. The van der Waals surface area contributed by atoms with Crippen LogP contribution in [0.4, 0.5) is 15.8 Å². The van der Waals surface area contributed by atoms with Crippen LogP contribution in [-0.2, 0) is 4.74 Å². The molecule has 0 heterocycles. The molecule has 0 amide bonds. The Kier molecular flexibility index (Phi) is 5.97. The Bertz CT molecular complexity index is 555. The number of nitrogen functional groups attached to an aromatic ring is 1. The second-order valence-electron chi connectivity index (χ2n) is 4.68. The van der Waals surface area contributed by atoms with Crippen molar-refractivity contribution >= 4 is 17.3 Å². The fourth-order valence-electron chi connectivity index (χ4n) is 1.97. The van der Waals surface area contributed by atoms with Crippen molar-refractivity contribution in [1.29, 1.82) is 5.26 Å². The number of hydrogen-bond donors (Lipinski definition) is 1. The summed E-state index contributed by atoms with van der Waals surface area (Å²) in [6.45, 7) is 6.39. The van der Waals surface area contributed by atoms with Crippen LogP contribution in [0.1, 0.15) is 31.1 Å². The summed E-state index contributed by atoms with van der Waals surface area (Å²) < 4.78 is 19.0. The van der Waals surface area contributed by atoms with Crippen LogP contribution in [-0.4, -0.2) is 25.7 Å². The van der Waals surface area contributed by atoms with Crippen molar-refractivity contribution in [2.45, 2.75) is 20.8 Å². The Morgan fingerprint density at radius 1 is 1.52 bits per heavy atom. The lowest BCUT2D eigenvalue weighted by Gasteiger charge is -2.25. The largest absolute Gasteiger partial charge is 0.462 e. The van der Waals surface area contributed by atoms with Crippen LogP contribution >= 0.6 is 0 Å². The summed E-state index contributed by atoms with van der Waals surface area (Å²) in [6, 6.07) is 4.61. The summed E-state index contributed by atoms with van der Waals surface area (Å²) in [4.78, 5) is 13.5. The normalized spacial score (nSPS) is 11.6. The van der Waals surface area contributed by atoms with Gasteiger partial charge in [-0.25, -0.2) is 9.18 Å². The molecule has 0 saturated carbocycles. The van der Waals surface area contributed by atoms with Crippen LogP contribution < -0.4 is 10.6 Å². The lowest BCUT2D eigenvalue weighted by Crippen LogP contribution is -2.29. The lowest BCUT2D eigenvalue weighted by molar-refractivity contribution is 0.0527. The fraction of sp³-hybridized carbons (Fsp3) is 0.467. The monoisotopic (exact) mass is 293 g/mol. The number of carbonyl (C=O) groups is 1. The van der Waals surface area contributed by atoms with Crippen molar-refractivity contribution in [3.05, 3.63) is 23.5 Å². The van der Waals surface area contributed by atoms with Crippen LogP contribution in [0.25, 0.3) is 0 Å². The van der Waals surface area contributed by atoms with Gasteiger partial charge in [0, 0.05) is 18.8 Å². The van der Waals surface area contributed by atoms with Crippen LogP contribution in [0.5, 0.6) is 0 Å². The van der Waals surface area contributed by atoms with Crippen molar-refractivity contribution in [3.63, 3.8) is 0 Å². The summed E-state index contributed by atoms with van der Waals surface area (Å²) >= 11 is 0. The number of carbonyl (C=O) groups excluding carboxylic acids is 1. The van der Waals surface area contributed by atoms with Gasteiger partial charge in [0.15, 0.2) is 0 Å². The number of nitrogens with zero attached hydrogens (tertiary/aromatic N) is 2. The second-order valence-corrected chi connectivity index (χ2v) is 4.68. The highest BCUT2D eigenvalue weighted by atomic mass is 19.1. The van der Waals surface area contributed by atoms with Crippen LogP contribution in [0, 0.1) is 23.1 Å². The molecular formula is C15H20FN3O2. The molecule has 0 spiro atoms. The Morgan fingerprint density at radius 2 is 2.19 bits per heavy atom. The van der Waals surface area contributed by atoms with E-state index in [0.29, 0.717) is 13.1 Å². The number of esters is 1. The van der Waals surface area contributed by atoms with Crippen molar-refractivity contribution in [1.82, 2.24) is 0 Å². The molecule has 0 aliphatic carbocycles. The first-order valence-corrected chi connectivity index (χ1v) is 6.85. The molecule has 0 fully saturated rings. The molecule has 0 aromatic heterocycles. The zero-order valence-corrected chi connectivity index (χ0v) is 12.5. The first-order chi connectivity index (χ1) is 9.94. The summed E-state index contributed by atoms with van der Waals surface area (Å²) in [5, 5.41) is 8.89. The van der Waals surface area contributed by atoms with E-state index in [2.05, 4.69) is 6.07 Å². The molecule has 0 radical (unpaired) electrons. The molecule has 0 saturated heterocycles. The first kappa shape index (κ1) is 16.8. The van der Waals surface area contributed by atoms with E-state index in [1.54, 1.807) is 18.7 Å². The minimum Gasteiger partial charge on any atom is -0.462 e. The average molecular weight is 293 g/mol. The van der Waals surface area contributed by atoms with Gasteiger partial charge in [0.25, 0.3) is 0 Å². The first-order valence-electron chi connectivity index (χ1n) is 6.85. The van der Waals surface area contributed by atoms with E-state index >= 15 is 0 Å². The molecule has 0 aliphatic rings. The smallest absolute Gasteiger partial charge is 0.340 e. The molecule has 1 unspecified atom stereocenters. The Labute approximate surface area is 124 Å². The van der Waals surface area contributed by atoms with Gasteiger partial charge in [-0.3, -0.25) is 0 Å². The third-order valence-corrected chi connectivity index (χ3v) is 3.05. The second kappa shape index (κ2) is 7.48. The maximum atomic E-state index is 14.1. The molecule has 0 aliphatic heterocycles. The zero-order valence-electron chi connectivity index (χ0n) is 12.5. The Balaban J connectivity index is 3.19. The van der Waals surface area contributed by atoms with Gasteiger partial charge in [-0.15, -0.1) is 0 Å². The number of nitriles is 1. The highest BCUT2D eigenvalue weighted by Gasteiger charge is 2.19. The van der Waals surface area contributed by atoms with Crippen LogP contribution in [0.3, 0.4) is 0 Å². The number of hydrogen-bond acceptors (Lipinski definition) is 5.